The molecule has 2 heterocycles. The quantitative estimate of drug-likeness (QED) is 0.823. The normalized spacial score (nSPS) is 19.8. The number of nitrogens with zero attached hydrogens (tertiary/aromatic N) is 2. The number of aromatic nitrogens is 1. The highest BCUT2D eigenvalue weighted by molar-refractivity contribution is 7.87. The second-order valence-electron chi connectivity index (χ2n) is 5.55. The predicted octanol–water partition coefficient (Wildman–Crippen LogP) is 1.28. The zero-order valence-corrected chi connectivity index (χ0v) is 14.4. The van der Waals surface area contributed by atoms with E-state index in [2.05, 4.69) is 15.0 Å². The van der Waals surface area contributed by atoms with Crippen LogP contribution in [0.4, 0.5) is 0 Å². The molecular weight excluding hydrogens is 308 g/mol. The Bertz CT molecular complexity index is 550. The molecule has 0 amide bonds. The lowest BCUT2D eigenvalue weighted by molar-refractivity contribution is 0.267. The Balaban J connectivity index is 1.93. The molecule has 6 nitrogen and oxygen atoms in total. The van der Waals surface area contributed by atoms with E-state index < -0.39 is 10.2 Å². The number of aryl methyl sites for hydroxylation is 1. The van der Waals surface area contributed by atoms with Crippen molar-refractivity contribution in [2.24, 2.45) is 5.92 Å². The van der Waals surface area contributed by atoms with Gasteiger partial charge in [-0.05, 0) is 46.2 Å². The second-order valence-corrected chi connectivity index (χ2v) is 8.52. The Kier molecular flexibility index (Phi) is 5.73. The zero-order valence-electron chi connectivity index (χ0n) is 12.8. The van der Waals surface area contributed by atoms with Gasteiger partial charge in [-0.3, -0.25) is 0 Å². The Morgan fingerprint density at radius 2 is 2.14 bits per heavy atom. The smallest absolute Gasteiger partial charge is 0.280 e. The molecule has 21 heavy (non-hydrogen) atoms. The summed E-state index contributed by atoms with van der Waals surface area (Å²) in [6, 6.07) is -0.288. The topological polar surface area (TPSA) is 74.3 Å². The molecule has 0 aromatic carbocycles. The first-order valence-electron chi connectivity index (χ1n) is 7.26. The molecule has 1 saturated heterocycles. The van der Waals surface area contributed by atoms with Crippen LogP contribution in [0.25, 0.3) is 0 Å². The largest absolute Gasteiger partial charge is 0.319 e. The summed E-state index contributed by atoms with van der Waals surface area (Å²) in [5.41, 5.74) is 0. The van der Waals surface area contributed by atoms with Crippen molar-refractivity contribution in [3.8, 4) is 0 Å². The fourth-order valence-corrected chi connectivity index (χ4v) is 4.81. The number of piperidine rings is 1. The van der Waals surface area contributed by atoms with E-state index in [1.807, 2.05) is 20.9 Å². The van der Waals surface area contributed by atoms with Crippen molar-refractivity contribution in [1.29, 1.82) is 0 Å². The molecule has 0 aliphatic carbocycles. The predicted molar refractivity (Wildman–Crippen MR) is 85.5 cm³/mol. The van der Waals surface area contributed by atoms with Crippen molar-refractivity contribution in [1.82, 2.24) is 19.3 Å². The number of thiazole rings is 1. The minimum Gasteiger partial charge on any atom is -0.319 e. The van der Waals surface area contributed by atoms with Crippen LogP contribution in [0.3, 0.4) is 0 Å². The van der Waals surface area contributed by atoms with Crippen molar-refractivity contribution < 1.29 is 8.42 Å². The van der Waals surface area contributed by atoms with Gasteiger partial charge in [0, 0.05) is 24.2 Å². The molecule has 1 unspecified atom stereocenters. The molecule has 0 bridgehead atoms. The number of hydrogen-bond acceptors (Lipinski definition) is 5. The molecule has 1 aliphatic rings. The number of nitrogens with one attached hydrogen (secondary N) is 2. The van der Waals surface area contributed by atoms with Crippen molar-refractivity contribution in [3.05, 3.63) is 16.1 Å². The van der Waals surface area contributed by atoms with Gasteiger partial charge >= 0.3 is 0 Å². The van der Waals surface area contributed by atoms with Gasteiger partial charge in [-0.1, -0.05) is 0 Å². The highest BCUT2D eigenvalue weighted by atomic mass is 32.2. The molecule has 1 aliphatic heterocycles. The van der Waals surface area contributed by atoms with Gasteiger partial charge in [-0.15, -0.1) is 11.3 Å². The van der Waals surface area contributed by atoms with Crippen LogP contribution in [0.1, 0.15) is 35.7 Å². The van der Waals surface area contributed by atoms with Crippen LogP contribution in [0, 0.1) is 12.8 Å². The van der Waals surface area contributed by atoms with E-state index in [1.165, 1.54) is 11.3 Å². The molecule has 1 fully saturated rings. The summed E-state index contributed by atoms with van der Waals surface area (Å²) in [6.07, 6.45) is 3.59. The molecule has 8 heteroatoms. The Morgan fingerprint density at radius 1 is 1.48 bits per heavy atom. The third-order valence-corrected chi connectivity index (χ3v) is 6.53. The minimum absolute atomic E-state index is 0.288. The number of rotatable bonds is 6. The molecule has 1 aromatic heterocycles. The average Bonchev–Trinajstić information content (AvgIpc) is 2.86. The molecule has 2 rings (SSSR count). The Hall–Kier alpha value is -0.540. The summed E-state index contributed by atoms with van der Waals surface area (Å²) >= 11 is 1.53. The maximum atomic E-state index is 12.4. The summed E-state index contributed by atoms with van der Waals surface area (Å²) in [7, 11) is -1.50. The standard InChI is InChI=1S/C13H24N4O2S2/c1-10-8-15-13(20-10)11(2)16-21(18,19)17-6-4-12(5-7-17)9-14-3/h8,11-12,14,16H,4-7,9H2,1-3H3. The monoisotopic (exact) mass is 332 g/mol. The van der Waals surface area contributed by atoms with Crippen molar-refractivity contribution in [3.63, 3.8) is 0 Å². The van der Waals surface area contributed by atoms with Gasteiger partial charge in [0.25, 0.3) is 10.2 Å². The van der Waals surface area contributed by atoms with Crippen LogP contribution in [0.5, 0.6) is 0 Å². The molecule has 120 valence electrons. The third-order valence-electron chi connectivity index (χ3n) is 3.74. The van der Waals surface area contributed by atoms with Crippen LogP contribution in [-0.2, 0) is 10.2 Å². The van der Waals surface area contributed by atoms with Gasteiger partial charge in [-0.25, -0.2) is 4.98 Å². The lowest BCUT2D eigenvalue weighted by Gasteiger charge is -2.31. The summed E-state index contributed by atoms with van der Waals surface area (Å²) in [5, 5.41) is 3.96. The average molecular weight is 332 g/mol. The lowest BCUT2D eigenvalue weighted by atomic mass is 9.98. The van der Waals surface area contributed by atoms with Gasteiger partial charge < -0.3 is 5.32 Å². The molecule has 0 spiro atoms. The van der Waals surface area contributed by atoms with Crippen molar-refractivity contribution >= 4 is 21.5 Å². The van der Waals surface area contributed by atoms with Gasteiger partial charge in [0.2, 0.25) is 0 Å². The molecule has 0 radical (unpaired) electrons. The molecule has 2 N–H and O–H groups in total. The van der Waals surface area contributed by atoms with Crippen LogP contribution < -0.4 is 10.0 Å². The maximum absolute atomic E-state index is 12.4. The van der Waals surface area contributed by atoms with Gasteiger partial charge in [-0.2, -0.15) is 17.4 Å². The second kappa shape index (κ2) is 7.15. The zero-order chi connectivity index (χ0) is 15.5. The van der Waals surface area contributed by atoms with Gasteiger partial charge in [0.05, 0.1) is 6.04 Å². The van der Waals surface area contributed by atoms with E-state index in [-0.39, 0.29) is 6.04 Å². The lowest BCUT2D eigenvalue weighted by Crippen LogP contribution is -2.46. The highest BCUT2D eigenvalue weighted by Crippen LogP contribution is 2.22. The Morgan fingerprint density at radius 3 is 2.67 bits per heavy atom. The van der Waals surface area contributed by atoms with E-state index in [1.54, 1.807) is 10.5 Å². The Labute approximate surface area is 131 Å². The van der Waals surface area contributed by atoms with E-state index in [0.29, 0.717) is 19.0 Å². The van der Waals surface area contributed by atoms with E-state index in [9.17, 15) is 8.42 Å². The summed E-state index contributed by atoms with van der Waals surface area (Å²) in [6.45, 7) is 5.94. The van der Waals surface area contributed by atoms with Crippen molar-refractivity contribution in [2.45, 2.75) is 32.7 Å². The van der Waals surface area contributed by atoms with Crippen LogP contribution in [-0.4, -0.2) is 44.4 Å². The van der Waals surface area contributed by atoms with E-state index in [0.717, 1.165) is 29.3 Å². The fourth-order valence-electron chi connectivity index (χ4n) is 2.56. The van der Waals surface area contributed by atoms with Crippen LogP contribution in [0.15, 0.2) is 6.20 Å². The van der Waals surface area contributed by atoms with Crippen LogP contribution >= 0.6 is 11.3 Å². The first-order valence-corrected chi connectivity index (χ1v) is 9.52. The maximum Gasteiger partial charge on any atom is 0.280 e. The number of hydrogen-bond donors (Lipinski definition) is 2. The first kappa shape index (κ1) is 16.8. The molecular formula is C13H24N4O2S2. The van der Waals surface area contributed by atoms with Gasteiger partial charge in [0.1, 0.15) is 5.01 Å². The van der Waals surface area contributed by atoms with Crippen molar-refractivity contribution in [2.75, 3.05) is 26.7 Å². The molecule has 1 aromatic rings. The van der Waals surface area contributed by atoms with E-state index >= 15 is 0 Å². The summed E-state index contributed by atoms with van der Waals surface area (Å²) in [4.78, 5) is 5.33. The first-order chi connectivity index (χ1) is 9.92. The summed E-state index contributed by atoms with van der Waals surface area (Å²) in [5.74, 6) is 0.570. The SMILES string of the molecule is CNCC1CCN(S(=O)(=O)NC(C)c2ncc(C)s2)CC1. The summed E-state index contributed by atoms with van der Waals surface area (Å²) < 4.78 is 29.1. The minimum atomic E-state index is -3.43. The van der Waals surface area contributed by atoms with Gasteiger partial charge in [0.15, 0.2) is 0 Å². The third kappa shape index (κ3) is 4.46. The molecule has 0 saturated carbocycles. The van der Waals surface area contributed by atoms with E-state index in [4.69, 9.17) is 0 Å². The fraction of sp³-hybridized carbons (Fsp3) is 0.769. The highest BCUT2D eigenvalue weighted by Gasteiger charge is 2.29. The molecule has 1 atom stereocenters. The van der Waals surface area contributed by atoms with Crippen LogP contribution in [0.2, 0.25) is 0 Å².